The first-order valence-electron chi connectivity index (χ1n) is 10.2. The lowest BCUT2D eigenvalue weighted by atomic mass is 9.53. The van der Waals surface area contributed by atoms with Gasteiger partial charge in [0.25, 0.3) is 5.79 Å². The molecule has 4 saturated carbocycles. The molecule has 2 aromatic rings. The fourth-order valence-electron chi connectivity index (χ4n) is 6.25. The van der Waals surface area contributed by atoms with Gasteiger partial charge in [0, 0.05) is 33.0 Å². The summed E-state index contributed by atoms with van der Waals surface area (Å²) >= 11 is 12.3. The van der Waals surface area contributed by atoms with Gasteiger partial charge in [0.15, 0.2) is 0 Å². The third kappa shape index (κ3) is 2.47. The van der Waals surface area contributed by atoms with Crippen LogP contribution in [0.25, 0.3) is 0 Å². The third-order valence-electron chi connectivity index (χ3n) is 7.32. The number of benzene rings is 2. The van der Waals surface area contributed by atoms with Crippen molar-refractivity contribution in [3.8, 4) is 0 Å². The maximum atomic E-state index is 6.93. The van der Waals surface area contributed by atoms with Crippen molar-refractivity contribution in [1.82, 2.24) is 0 Å². The van der Waals surface area contributed by atoms with Crippen molar-refractivity contribution >= 4 is 23.2 Å². The number of hydrogen-bond donors (Lipinski definition) is 0. The molecule has 5 heteroatoms. The van der Waals surface area contributed by atoms with Crippen LogP contribution in [-0.4, -0.2) is 5.79 Å². The van der Waals surface area contributed by atoms with E-state index >= 15 is 0 Å². The van der Waals surface area contributed by atoms with Crippen molar-refractivity contribution in [1.29, 1.82) is 0 Å². The third-order valence-corrected chi connectivity index (χ3v) is 7.82. The van der Waals surface area contributed by atoms with E-state index in [1.165, 1.54) is 32.1 Å². The molecule has 1 heterocycles. The van der Waals surface area contributed by atoms with Gasteiger partial charge >= 0.3 is 0 Å². The second-order valence-corrected chi connectivity index (χ2v) is 9.80. The number of halogens is 2. The molecule has 0 atom stereocenters. The maximum Gasteiger partial charge on any atom is 0.256 e. The maximum absolute atomic E-state index is 6.93. The summed E-state index contributed by atoms with van der Waals surface area (Å²) in [4.78, 5) is 12.4. The smallest absolute Gasteiger partial charge is 0.256 e. The van der Waals surface area contributed by atoms with Crippen molar-refractivity contribution in [3.63, 3.8) is 0 Å². The minimum atomic E-state index is -1.11. The normalized spacial score (nSPS) is 37.6. The van der Waals surface area contributed by atoms with E-state index in [-0.39, 0.29) is 0 Å². The van der Waals surface area contributed by atoms with Gasteiger partial charge in [-0.05, 0) is 68.2 Å². The summed E-state index contributed by atoms with van der Waals surface area (Å²) in [7, 11) is 0. The van der Waals surface area contributed by atoms with Crippen molar-refractivity contribution in [3.05, 3.63) is 69.7 Å². The van der Waals surface area contributed by atoms with Crippen LogP contribution in [0.3, 0.4) is 0 Å². The SMILES string of the molecule is Clc1ccc(C2(c3ccc(Cl)cc3)OOC3(O2)C2CC4CC(C2)CC3C4)cc1. The average molecular weight is 417 g/mol. The molecule has 5 fully saturated rings. The highest BCUT2D eigenvalue weighted by Crippen LogP contribution is 2.64. The molecule has 1 spiro atoms. The molecule has 5 aliphatic rings. The number of ether oxygens (including phenoxy) is 1. The predicted octanol–water partition coefficient (Wildman–Crippen LogP) is 6.33. The standard InChI is InChI=1S/C23H22Cl2O3/c24-20-5-1-16(2-6-20)22(17-3-7-21(25)8-4-17)26-23(28-27-22)18-10-14-9-15(12-18)13-19(23)11-14/h1-8,14-15,18-19H,9-13H2. The van der Waals surface area contributed by atoms with Crippen molar-refractivity contribution in [2.45, 2.75) is 43.7 Å². The molecule has 2 aromatic carbocycles. The first-order valence-corrected chi connectivity index (χ1v) is 10.9. The lowest BCUT2D eigenvalue weighted by Crippen LogP contribution is -2.59. The largest absolute Gasteiger partial charge is 0.304 e. The summed E-state index contributed by atoms with van der Waals surface area (Å²) in [5.74, 6) is 0.662. The second kappa shape index (κ2) is 6.20. The minimum Gasteiger partial charge on any atom is -0.304 e. The van der Waals surface area contributed by atoms with E-state index in [1.54, 1.807) is 0 Å². The van der Waals surface area contributed by atoms with Gasteiger partial charge < -0.3 is 4.74 Å². The molecule has 0 N–H and O–H groups in total. The molecule has 7 rings (SSSR count). The Morgan fingerprint density at radius 3 is 1.57 bits per heavy atom. The Bertz CT molecular complexity index is 820. The highest BCUT2D eigenvalue weighted by molar-refractivity contribution is 6.30. The molecule has 1 aliphatic heterocycles. The lowest BCUT2D eigenvalue weighted by molar-refractivity contribution is -0.387. The molecule has 1 saturated heterocycles. The lowest BCUT2D eigenvalue weighted by Gasteiger charge is -2.57. The highest BCUT2D eigenvalue weighted by Gasteiger charge is 2.67. The Labute approximate surface area is 174 Å². The summed E-state index contributed by atoms with van der Waals surface area (Å²) in [6.07, 6.45) is 6.08. The number of rotatable bonds is 2. The molecular formula is C23H22Cl2O3. The van der Waals surface area contributed by atoms with Gasteiger partial charge in [0.1, 0.15) is 0 Å². The molecule has 0 unspecified atom stereocenters. The van der Waals surface area contributed by atoms with Crippen LogP contribution in [0.2, 0.25) is 10.0 Å². The Balaban J connectivity index is 1.46. The summed E-state index contributed by atoms with van der Waals surface area (Å²) in [6.45, 7) is 0. The first kappa shape index (κ1) is 17.7. The summed E-state index contributed by atoms with van der Waals surface area (Å²) in [6, 6.07) is 15.3. The van der Waals surface area contributed by atoms with E-state index in [9.17, 15) is 0 Å². The van der Waals surface area contributed by atoms with E-state index in [2.05, 4.69) is 0 Å². The zero-order valence-corrected chi connectivity index (χ0v) is 17.0. The van der Waals surface area contributed by atoms with E-state index < -0.39 is 11.6 Å². The van der Waals surface area contributed by atoms with E-state index in [0.717, 1.165) is 23.0 Å². The predicted molar refractivity (Wildman–Crippen MR) is 107 cm³/mol. The zero-order chi connectivity index (χ0) is 18.9. The summed E-state index contributed by atoms with van der Waals surface area (Å²) < 4.78 is 6.93. The fourth-order valence-corrected chi connectivity index (χ4v) is 6.50. The molecular weight excluding hydrogens is 395 g/mol. The quantitative estimate of drug-likeness (QED) is 0.535. The molecule has 28 heavy (non-hydrogen) atoms. The van der Waals surface area contributed by atoms with Gasteiger partial charge in [0.2, 0.25) is 5.79 Å². The van der Waals surface area contributed by atoms with E-state index in [1.807, 2.05) is 48.5 Å². The molecule has 0 radical (unpaired) electrons. The van der Waals surface area contributed by atoms with Crippen LogP contribution < -0.4 is 0 Å². The summed E-state index contributed by atoms with van der Waals surface area (Å²) in [5.41, 5.74) is 1.76. The molecule has 0 amide bonds. The van der Waals surface area contributed by atoms with Gasteiger partial charge in [-0.2, -0.15) is 9.78 Å². The molecule has 0 aromatic heterocycles. The molecule has 4 bridgehead atoms. The average Bonchev–Trinajstić information content (AvgIpc) is 3.10. The van der Waals surface area contributed by atoms with Crippen molar-refractivity contribution < 1.29 is 14.5 Å². The van der Waals surface area contributed by atoms with Gasteiger partial charge in [0.05, 0.1) is 0 Å². The Kier molecular flexibility index (Phi) is 3.93. The highest BCUT2D eigenvalue weighted by atomic mass is 35.5. The van der Waals surface area contributed by atoms with Crippen LogP contribution >= 0.6 is 23.2 Å². The zero-order valence-electron chi connectivity index (χ0n) is 15.4. The van der Waals surface area contributed by atoms with Gasteiger partial charge in [-0.15, -0.1) is 0 Å². The number of hydrogen-bond acceptors (Lipinski definition) is 3. The van der Waals surface area contributed by atoms with E-state index in [0.29, 0.717) is 21.9 Å². The van der Waals surface area contributed by atoms with Crippen LogP contribution in [0, 0.1) is 23.7 Å². The monoisotopic (exact) mass is 416 g/mol. The van der Waals surface area contributed by atoms with Gasteiger partial charge in [-0.25, -0.2) is 0 Å². The van der Waals surface area contributed by atoms with Gasteiger partial charge in [-0.1, -0.05) is 47.5 Å². The van der Waals surface area contributed by atoms with Crippen LogP contribution in [0.4, 0.5) is 0 Å². The van der Waals surface area contributed by atoms with Gasteiger partial charge in [-0.3, -0.25) is 0 Å². The van der Waals surface area contributed by atoms with Crippen LogP contribution in [-0.2, 0) is 20.3 Å². The topological polar surface area (TPSA) is 27.7 Å². The first-order chi connectivity index (χ1) is 13.6. The van der Waals surface area contributed by atoms with Crippen molar-refractivity contribution in [2.75, 3.05) is 0 Å². The Morgan fingerprint density at radius 2 is 1.11 bits per heavy atom. The Morgan fingerprint density at radius 1 is 0.643 bits per heavy atom. The Hall–Kier alpha value is -1.10. The molecule has 3 nitrogen and oxygen atoms in total. The van der Waals surface area contributed by atoms with Crippen LogP contribution in [0.1, 0.15) is 43.2 Å². The molecule has 4 aliphatic carbocycles. The second-order valence-electron chi connectivity index (χ2n) is 8.92. The fraction of sp³-hybridized carbons (Fsp3) is 0.478. The van der Waals surface area contributed by atoms with Crippen LogP contribution in [0.15, 0.2) is 48.5 Å². The van der Waals surface area contributed by atoms with E-state index in [4.69, 9.17) is 37.7 Å². The van der Waals surface area contributed by atoms with Crippen molar-refractivity contribution in [2.24, 2.45) is 23.7 Å². The molecule has 146 valence electrons. The van der Waals surface area contributed by atoms with Crippen LogP contribution in [0.5, 0.6) is 0 Å². The minimum absolute atomic E-state index is 0.394. The summed E-state index contributed by atoms with van der Waals surface area (Å²) in [5, 5.41) is 1.36.